The highest BCUT2D eigenvalue weighted by Gasteiger charge is 2.30. The summed E-state index contributed by atoms with van der Waals surface area (Å²) < 4.78 is 37.9. The lowest BCUT2D eigenvalue weighted by Gasteiger charge is -2.21. The molecule has 0 atom stereocenters. The molecule has 2 amide bonds. The topological polar surface area (TPSA) is 49.4 Å². The van der Waals surface area contributed by atoms with Gasteiger partial charge in [0.25, 0.3) is 0 Å². The van der Waals surface area contributed by atoms with Gasteiger partial charge in [-0.15, -0.1) is 0 Å². The molecule has 2 aromatic rings. The van der Waals surface area contributed by atoms with Gasteiger partial charge in [0.1, 0.15) is 6.54 Å². The second-order valence-corrected chi connectivity index (χ2v) is 5.93. The van der Waals surface area contributed by atoms with Gasteiger partial charge in [0.15, 0.2) is 0 Å². The van der Waals surface area contributed by atoms with E-state index in [1.807, 2.05) is 0 Å². The maximum Gasteiger partial charge on any atom is 0.416 e. The summed E-state index contributed by atoms with van der Waals surface area (Å²) >= 11 is 6.00. The number of benzene rings is 2. The summed E-state index contributed by atoms with van der Waals surface area (Å²) in [6.07, 6.45) is -4.47. The number of alkyl halides is 3. The highest BCUT2D eigenvalue weighted by atomic mass is 35.5. The molecule has 2 rings (SSSR count). The van der Waals surface area contributed by atoms with Crippen LogP contribution >= 0.6 is 11.6 Å². The van der Waals surface area contributed by atoms with Crippen molar-refractivity contribution in [2.45, 2.75) is 19.6 Å². The van der Waals surface area contributed by atoms with E-state index in [1.165, 1.54) is 6.92 Å². The number of halogens is 4. The number of rotatable bonds is 5. The largest absolute Gasteiger partial charge is 0.416 e. The number of carbonyl (C=O) groups excluding carboxylic acids is 2. The summed E-state index contributed by atoms with van der Waals surface area (Å²) in [7, 11) is 0. The second kappa shape index (κ2) is 8.23. The van der Waals surface area contributed by atoms with Crippen LogP contribution < -0.4 is 10.2 Å². The number of anilines is 1. The molecule has 0 saturated carbocycles. The van der Waals surface area contributed by atoms with Crippen LogP contribution in [0.4, 0.5) is 18.9 Å². The third-order valence-corrected chi connectivity index (χ3v) is 3.99. The minimum atomic E-state index is -4.47. The van der Waals surface area contributed by atoms with Gasteiger partial charge >= 0.3 is 6.18 Å². The first kappa shape index (κ1) is 19.8. The van der Waals surface area contributed by atoms with E-state index in [4.69, 9.17) is 11.6 Å². The van der Waals surface area contributed by atoms with E-state index < -0.39 is 23.6 Å². The number of hydrogen-bond acceptors (Lipinski definition) is 2. The molecule has 0 saturated heterocycles. The van der Waals surface area contributed by atoms with Crippen molar-refractivity contribution in [3.05, 3.63) is 64.7 Å². The Morgan fingerprint density at radius 3 is 2.23 bits per heavy atom. The Balaban J connectivity index is 2.04. The third-order valence-electron chi connectivity index (χ3n) is 3.62. The van der Waals surface area contributed by atoms with Crippen molar-refractivity contribution in [2.75, 3.05) is 11.4 Å². The van der Waals surface area contributed by atoms with Gasteiger partial charge in [-0.25, -0.2) is 0 Å². The highest BCUT2D eigenvalue weighted by molar-refractivity contribution is 6.31. The summed E-state index contributed by atoms with van der Waals surface area (Å²) in [4.78, 5) is 25.0. The Hall–Kier alpha value is -2.54. The molecular weight excluding hydrogens is 369 g/mol. The molecule has 0 fully saturated rings. The molecule has 0 aliphatic heterocycles. The number of nitrogens with zero attached hydrogens (tertiary/aromatic N) is 1. The van der Waals surface area contributed by atoms with Crippen molar-refractivity contribution in [1.29, 1.82) is 0 Å². The fraction of sp³-hybridized carbons (Fsp3) is 0.222. The number of amides is 2. The van der Waals surface area contributed by atoms with Gasteiger partial charge in [-0.3, -0.25) is 9.59 Å². The van der Waals surface area contributed by atoms with Crippen LogP contribution in [-0.2, 0) is 22.3 Å². The Morgan fingerprint density at radius 2 is 1.69 bits per heavy atom. The number of hydrogen-bond donors (Lipinski definition) is 1. The summed E-state index contributed by atoms with van der Waals surface area (Å²) in [6, 6.07) is 11.0. The molecule has 1 N–H and O–H groups in total. The normalized spacial score (nSPS) is 11.1. The lowest BCUT2D eigenvalue weighted by Crippen LogP contribution is -2.39. The van der Waals surface area contributed by atoms with Crippen molar-refractivity contribution < 1.29 is 22.8 Å². The van der Waals surface area contributed by atoms with Crippen LogP contribution in [-0.4, -0.2) is 18.4 Å². The molecular formula is C18H16ClF3N2O2. The van der Waals surface area contributed by atoms with Crippen LogP contribution in [0.5, 0.6) is 0 Å². The molecule has 0 spiro atoms. The van der Waals surface area contributed by atoms with E-state index in [9.17, 15) is 22.8 Å². The van der Waals surface area contributed by atoms with Gasteiger partial charge < -0.3 is 10.2 Å². The molecule has 0 heterocycles. The fourth-order valence-electron chi connectivity index (χ4n) is 2.25. The van der Waals surface area contributed by atoms with Crippen molar-refractivity contribution in [1.82, 2.24) is 5.32 Å². The molecule has 0 radical (unpaired) electrons. The fourth-order valence-corrected chi connectivity index (χ4v) is 2.45. The molecule has 8 heteroatoms. The van der Waals surface area contributed by atoms with Gasteiger partial charge in [-0.1, -0.05) is 29.8 Å². The van der Waals surface area contributed by atoms with Crippen LogP contribution in [0.1, 0.15) is 18.1 Å². The Labute approximate surface area is 153 Å². The van der Waals surface area contributed by atoms with Crippen LogP contribution in [0.15, 0.2) is 48.5 Å². The molecule has 0 bridgehead atoms. The first-order chi connectivity index (χ1) is 12.2. The van der Waals surface area contributed by atoms with Crippen LogP contribution in [0.2, 0.25) is 5.02 Å². The standard InChI is InChI=1S/C18H16ClF3N2O2/c1-12(25)24(15-8-6-14(7-9-15)18(20,21)22)11-17(26)23-10-13-4-2-3-5-16(13)19/h2-9H,10-11H2,1H3,(H,23,26). The number of carbonyl (C=O) groups is 2. The maximum atomic E-state index is 12.6. The predicted molar refractivity (Wildman–Crippen MR) is 92.8 cm³/mol. The molecule has 26 heavy (non-hydrogen) atoms. The van der Waals surface area contributed by atoms with Gasteiger partial charge in [0, 0.05) is 24.2 Å². The minimum absolute atomic E-state index is 0.178. The van der Waals surface area contributed by atoms with Gasteiger partial charge in [0.05, 0.1) is 5.56 Å². The van der Waals surface area contributed by atoms with E-state index in [-0.39, 0.29) is 18.8 Å². The molecule has 0 aliphatic carbocycles. The van der Waals surface area contributed by atoms with Gasteiger partial charge in [0.2, 0.25) is 11.8 Å². The van der Waals surface area contributed by atoms with E-state index in [2.05, 4.69) is 5.32 Å². The van der Waals surface area contributed by atoms with Crippen LogP contribution in [0, 0.1) is 0 Å². The van der Waals surface area contributed by atoms with Crippen LogP contribution in [0.25, 0.3) is 0 Å². The average molecular weight is 385 g/mol. The highest BCUT2D eigenvalue weighted by Crippen LogP contribution is 2.30. The first-order valence-corrected chi connectivity index (χ1v) is 8.01. The zero-order chi connectivity index (χ0) is 19.3. The van der Waals surface area contributed by atoms with Crippen molar-refractivity contribution >= 4 is 29.1 Å². The average Bonchev–Trinajstić information content (AvgIpc) is 2.58. The molecule has 4 nitrogen and oxygen atoms in total. The van der Waals surface area contributed by atoms with Crippen molar-refractivity contribution in [3.63, 3.8) is 0 Å². The molecule has 2 aromatic carbocycles. The third kappa shape index (κ3) is 5.23. The lowest BCUT2D eigenvalue weighted by atomic mass is 10.2. The lowest BCUT2D eigenvalue weighted by molar-refractivity contribution is -0.137. The maximum absolute atomic E-state index is 12.6. The Bertz CT molecular complexity index is 792. The van der Waals surface area contributed by atoms with E-state index in [0.29, 0.717) is 10.6 Å². The number of nitrogens with one attached hydrogen (secondary N) is 1. The summed E-state index contributed by atoms with van der Waals surface area (Å²) in [5.41, 5.74) is 0.0951. The van der Waals surface area contributed by atoms with Crippen LogP contribution in [0.3, 0.4) is 0 Å². The predicted octanol–water partition coefficient (Wildman–Crippen LogP) is 4.03. The monoisotopic (exact) mass is 384 g/mol. The van der Waals surface area contributed by atoms with Gasteiger partial charge in [-0.05, 0) is 35.9 Å². The van der Waals surface area contributed by atoms with Gasteiger partial charge in [-0.2, -0.15) is 13.2 Å². The Morgan fingerprint density at radius 1 is 1.08 bits per heavy atom. The summed E-state index contributed by atoms with van der Waals surface area (Å²) in [6.45, 7) is 1.10. The smallest absolute Gasteiger partial charge is 0.350 e. The first-order valence-electron chi connectivity index (χ1n) is 7.64. The Kier molecular flexibility index (Phi) is 6.26. The van der Waals surface area contributed by atoms with E-state index in [0.717, 1.165) is 29.2 Å². The zero-order valence-corrected chi connectivity index (χ0v) is 14.6. The quantitative estimate of drug-likeness (QED) is 0.846. The molecule has 0 aliphatic rings. The molecule has 138 valence electrons. The molecule has 0 unspecified atom stereocenters. The van der Waals surface area contributed by atoms with E-state index in [1.54, 1.807) is 24.3 Å². The summed E-state index contributed by atoms with van der Waals surface area (Å²) in [5.74, 6) is -0.919. The molecule has 0 aromatic heterocycles. The zero-order valence-electron chi connectivity index (χ0n) is 13.8. The van der Waals surface area contributed by atoms with E-state index >= 15 is 0 Å². The van der Waals surface area contributed by atoms with Crippen molar-refractivity contribution in [3.8, 4) is 0 Å². The van der Waals surface area contributed by atoms with Crippen molar-refractivity contribution in [2.24, 2.45) is 0 Å². The summed E-state index contributed by atoms with van der Waals surface area (Å²) in [5, 5.41) is 3.13. The minimum Gasteiger partial charge on any atom is -0.350 e. The second-order valence-electron chi connectivity index (χ2n) is 5.52. The SMILES string of the molecule is CC(=O)N(CC(=O)NCc1ccccc1Cl)c1ccc(C(F)(F)F)cc1.